The fourth-order valence-corrected chi connectivity index (χ4v) is 1.54. The highest BCUT2D eigenvalue weighted by atomic mass is 16.5. The molecule has 7 heteroatoms. The molecule has 1 amide bonds. The zero-order chi connectivity index (χ0) is 15.1. The minimum atomic E-state index is -0.519. The standard InChI is InChI=1S/C13H18N2O5/c1-4-20-11(16)7-15-13(17)9-5-8(18-2)6-10(19-3)12(9)14/h5-6H,4,7,14H2,1-3H3,(H,15,17). The van der Waals surface area contributed by atoms with E-state index in [9.17, 15) is 9.59 Å². The summed E-state index contributed by atoms with van der Waals surface area (Å²) in [5, 5.41) is 2.42. The molecule has 1 aromatic carbocycles. The number of esters is 1. The molecule has 110 valence electrons. The molecule has 3 N–H and O–H groups in total. The van der Waals surface area contributed by atoms with Crippen LogP contribution in [0.25, 0.3) is 0 Å². The van der Waals surface area contributed by atoms with Gasteiger partial charge in [0.1, 0.15) is 18.0 Å². The van der Waals surface area contributed by atoms with E-state index in [4.69, 9.17) is 19.9 Å². The number of anilines is 1. The van der Waals surface area contributed by atoms with E-state index in [-0.39, 0.29) is 24.4 Å². The number of carbonyl (C=O) groups excluding carboxylic acids is 2. The first-order valence-corrected chi connectivity index (χ1v) is 5.98. The lowest BCUT2D eigenvalue weighted by Crippen LogP contribution is -2.31. The first-order valence-electron chi connectivity index (χ1n) is 5.98. The number of hydrogen-bond acceptors (Lipinski definition) is 6. The van der Waals surface area contributed by atoms with Gasteiger partial charge in [0.15, 0.2) is 0 Å². The van der Waals surface area contributed by atoms with Crippen LogP contribution < -0.4 is 20.5 Å². The molecule has 20 heavy (non-hydrogen) atoms. The Morgan fingerprint density at radius 3 is 2.50 bits per heavy atom. The van der Waals surface area contributed by atoms with Crippen molar-refractivity contribution in [1.82, 2.24) is 5.32 Å². The van der Waals surface area contributed by atoms with Crippen LogP contribution in [0.15, 0.2) is 12.1 Å². The SMILES string of the molecule is CCOC(=O)CNC(=O)c1cc(OC)cc(OC)c1N. The molecule has 0 aliphatic rings. The van der Waals surface area contributed by atoms with E-state index in [0.29, 0.717) is 11.5 Å². The highest BCUT2D eigenvalue weighted by Crippen LogP contribution is 2.30. The van der Waals surface area contributed by atoms with Crippen molar-refractivity contribution in [2.75, 3.05) is 33.1 Å². The van der Waals surface area contributed by atoms with Crippen LogP contribution in [-0.2, 0) is 9.53 Å². The second kappa shape index (κ2) is 7.22. The van der Waals surface area contributed by atoms with Crippen molar-refractivity contribution < 1.29 is 23.8 Å². The third-order valence-corrected chi connectivity index (χ3v) is 2.51. The van der Waals surface area contributed by atoms with Crippen LogP contribution in [0, 0.1) is 0 Å². The van der Waals surface area contributed by atoms with E-state index >= 15 is 0 Å². The van der Waals surface area contributed by atoms with Crippen molar-refractivity contribution in [1.29, 1.82) is 0 Å². The summed E-state index contributed by atoms with van der Waals surface area (Å²) in [6.07, 6.45) is 0. The van der Waals surface area contributed by atoms with Crippen LogP contribution in [0.1, 0.15) is 17.3 Å². The number of nitrogens with two attached hydrogens (primary N) is 1. The van der Waals surface area contributed by atoms with Gasteiger partial charge >= 0.3 is 5.97 Å². The Hall–Kier alpha value is -2.44. The Labute approximate surface area is 117 Å². The summed E-state index contributed by atoms with van der Waals surface area (Å²) in [4.78, 5) is 23.2. The molecule has 0 unspecified atom stereocenters. The van der Waals surface area contributed by atoms with E-state index in [0.717, 1.165) is 0 Å². The van der Waals surface area contributed by atoms with Gasteiger partial charge in [-0.05, 0) is 13.0 Å². The topological polar surface area (TPSA) is 99.9 Å². The average molecular weight is 282 g/mol. The Bertz CT molecular complexity index is 502. The fraction of sp³-hybridized carbons (Fsp3) is 0.385. The molecule has 0 aliphatic heterocycles. The van der Waals surface area contributed by atoms with Crippen molar-refractivity contribution in [3.63, 3.8) is 0 Å². The molecule has 0 bridgehead atoms. The number of benzene rings is 1. The van der Waals surface area contributed by atoms with E-state index in [1.54, 1.807) is 13.0 Å². The lowest BCUT2D eigenvalue weighted by molar-refractivity contribution is -0.141. The van der Waals surface area contributed by atoms with E-state index < -0.39 is 11.9 Å². The third-order valence-electron chi connectivity index (χ3n) is 2.51. The molecule has 1 aromatic rings. The fourth-order valence-electron chi connectivity index (χ4n) is 1.54. The Balaban J connectivity index is 2.89. The maximum atomic E-state index is 12.0. The van der Waals surface area contributed by atoms with Crippen LogP contribution >= 0.6 is 0 Å². The number of nitrogens with one attached hydrogen (secondary N) is 1. The first kappa shape index (κ1) is 15.6. The molecule has 0 saturated heterocycles. The van der Waals surface area contributed by atoms with Crippen LogP contribution in [0.4, 0.5) is 5.69 Å². The lowest BCUT2D eigenvalue weighted by atomic mass is 10.1. The molecule has 1 rings (SSSR count). The molecule has 0 fully saturated rings. The van der Waals surface area contributed by atoms with Crippen LogP contribution in [0.3, 0.4) is 0 Å². The molecular weight excluding hydrogens is 264 g/mol. The number of rotatable bonds is 6. The quantitative estimate of drug-likeness (QED) is 0.585. The van der Waals surface area contributed by atoms with Crippen molar-refractivity contribution in [3.05, 3.63) is 17.7 Å². The van der Waals surface area contributed by atoms with Gasteiger partial charge in [-0.2, -0.15) is 0 Å². The largest absolute Gasteiger partial charge is 0.497 e. The Morgan fingerprint density at radius 2 is 1.95 bits per heavy atom. The van der Waals surface area contributed by atoms with E-state index in [2.05, 4.69) is 5.32 Å². The maximum Gasteiger partial charge on any atom is 0.325 e. The molecule has 0 aromatic heterocycles. The van der Waals surface area contributed by atoms with Gasteiger partial charge in [0.05, 0.1) is 32.1 Å². The van der Waals surface area contributed by atoms with Crippen LogP contribution in [0.5, 0.6) is 11.5 Å². The second-order valence-electron chi connectivity index (χ2n) is 3.78. The van der Waals surface area contributed by atoms with E-state index in [1.807, 2.05) is 0 Å². The van der Waals surface area contributed by atoms with Crippen LogP contribution in [0.2, 0.25) is 0 Å². The summed E-state index contributed by atoms with van der Waals surface area (Å²) in [6.45, 7) is 1.71. The summed E-state index contributed by atoms with van der Waals surface area (Å²) in [7, 11) is 2.90. The highest BCUT2D eigenvalue weighted by molar-refractivity contribution is 6.02. The van der Waals surface area contributed by atoms with Crippen LogP contribution in [-0.4, -0.2) is 39.2 Å². The van der Waals surface area contributed by atoms with Crippen molar-refractivity contribution >= 4 is 17.6 Å². The molecule has 0 saturated carbocycles. The monoisotopic (exact) mass is 282 g/mol. The predicted molar refractivity (Wildman–Crippen MR) is 72.9 cm³/mol. The summed E-state index contributed by atoms with van der Waals surface area (Å²) in [5.74, 6) is -0.273. The number of hydrogen-bond donors (Lipinski definition) is 2. The van der Waals surface area contributed by atoms with Crippen molar-refractivity contribution in [3.8, 4) is 11.5 Å². The van der Waals surface area contributed by atoms with Crippen molar-refractivity contribution in [2.24, 2.45) is 0 Å². The number of ether oxygens (including phenoxy) is 3. The smallest absolute Gasteiger partial charge is 0.325 e. The summed E-state index contributed by atoms with van der Waals surface area (Å²) < 4.78 is 14.8. The molecule has 0 atom stereocenters. The third kappa shape index (κ3) is 3.78. The second-order valence-corrected chi connectivity index (χ2v) is 3.78. The maximum absolute atomic E-state index is 12.0. The number of nitrogen functional groups attached to an aromatic ring is 1. The predicted octanol–water partition coefficient (Wildman–Crippen LogP) is 0.579. The summed E-state index contributed by atoms with van der Waals surface area (Å²) >= 11 is 0. The van der Waals surface area contributed by atoms with Gasteiger partial charge in [0, 0.05) is 6.07 Å². The molecular formula is C13H18N2O5. The normalized spacial score (nSPS) is 9.75. The van der Waals surface area contributed by atoms with Gasteiger partial charge in [0.25, 0.3) is 5.91 Å². The molecule has 7 nitrogen and oxygen atoms in total. The minimum Gasteiger partial charge on any atom is -0.497 e. The minimum absolute atomic E-state index is 0.172. The lowest BCUT2D eigenvalue weighted by Gasteiger charge is -2.12. The summed E-state index contributed by atoms with van der Waals surface area (Å²) in [5.41, 5.74) is 6.17. The van der Waals surface area contributed by atoms with Gasteiger partial charge < -0.3 is 25.3 Å². The molecule has 0 spiro atoms. The highest BCUT2D eigenvalue weighted by Gasteiger charge is 2.16. The molecule has 0 aliphatic carbocycles. The average Bonchev–Trinajstić information content (AvgIpc) is 2.45. The molecule has 0 heterocycles. The van der Waals surface area contributed by atoms with Gasteiger partial charge in [-0.1, -0.05) is 0 Å². The number of amides is 1. The van der Waals surface area contributed by atoms with Gasteiger partial charge in [0.2, 0.25) is 0 Å². The first-order chi connectivity index (χ1) is 9.53. The Morgan fingerprint density at radius 1 is 1.25 bits per heavy atom. The molecule has 0 radical (unpaired) electrons. The summed E-state index contributed by atoms with van der Waals surface area (Å²) in [6, 6.07) is 3.04. The zero-order valence-electron chi connectivity index (χ0n) is 11.7. The van der Waals surface area contributed by atoms with Gasteiger partial charge in [-0.15, -0.1) is 0 Å². The number of carbonyl (C=O) groups is 2. The number of methoxy groups -OCH3 is 2. The van der Waals surface area contributed by atoms with E-state index in [1.165, 1.54) is 20.3 Å². The zero-order valence-corrected chi connectivity index (χ0v) is 11.7. The van der Waals surface area contributed by atoms with Gasteiger partial charge in [-0.3, -0.25) is 9.59 Å². The van der Waals surface area contributed by atoms with Crippen molar-refractivity contribution in [2.45, 2.75) is 6.92 Å². The van der Waals surface area contributed by atoms with Gasteiger partial charge in [-0.25, -0.2) is 0 Å². The Kier molecular flexibility index (Phi) is 5.64.